The average molecular weight is 278 g/mol. The Balaban J connectivity index is 2.37. The Morgan fingerprint density at radius 2 is 1.95 bits per heavy atom. The van der Waals surface area contributed by atoms with Crippen LogP contribution in [0.4, 0.5) is 0 Å². The highest BCUT2D eigenvalue weighted by molar-refractivity contribution is 5.90. The van der Waals surface area contributed by atoms with Gasteiger partial charge in [-0.15, -0.1) is 0 Å². The molecule has 1 rings (SSSR count). The summed E-state index contributed by atoms with van der Waals surface area (Å²) in [6.07, 6.45) is 5.64. The van der Waals surface area contributed by atoms with Gasteiger partial charge in [0.05, 0.1) is 5.56 Å². The van der Waals surface area contributed by atoms with Gasteiger partial charge >= 0.3 is 5.97 Å². The van der Waals surface area contributed by atoms with E-state index in [1.165, 1.54) is 19.3 Å². The van der Waals surface area contributed by atoms with Gasteiger partial charge in [0.25, 0.3) is 0 Å². The molecule has 0 radical (unpaired) electrons. The molecule has 1 aromatic rings. The van der Waals surface area contributed by atoms with Crippen LogP contribution in [-0.4, -0.2) is 12.1 Å². The molecule has 0 spiro atoms. The quantitative estimate of drug-likeness (QED) is 0.391. The Bertz CT molecular complexity index is 426. The first kappa shape index (κ1) is 16.7. The predicted octanol–water partition coefficient (Wildman–Crippen LogP) is 4.75. The summed E-state index contributed by atoms with van der Waals surface area (Å²) in [5.41, 5.74) is 2.51. The summed E-state index contributed by atoms with van der Waals surface area (Å²) in [5.74, 6) is -0.411. The zero-order valence-corrected chi connectivity index (χ0v) is 13.1. The molecule has 1 aromatic carbocycles. The fraction of sp³-hybridized carbons (Fsp3) is 0.588. The van der Waals surface area contributed by atoms with Gasteiger partial charge in [-0.1, -0.05) is 50.3 Å². The van der Waals surface area contributed by atoms with Crippen molar-refractivity contribution in [2.24, 2.45) is 0 Å². The number of benzene rings is 1. The van der Waals surface area contributed by atoms with Crippen molar-refractivity contribution in [1.82, 2.24) is 0 Å². The van der Waals surface area contributed by atoms with Gasteiger partial charge < -0.3 is 0 Å². The zero-order valence-electron chi connectivity index (χ0n) is 13.1. The van der Waals surface area contributed by atoms with E-state index >= 15 is 0 Å². The average Bonchev–Trinajstić information content (AvgIpc) is 2.43. The highest BCUT2D eigenvalue weighted by Crippen LogP contribution is 2.14. The number of hydrogen-bond donors (Lipinski definition) is 0. The Labute approximate surface area is 122 Å². The maximum atomic E-state index is 12.0. The van der Waals surface area contributed by atoms with Crippen LogP contribution in [0.2, 0.25) is 0 Å². The predicted molar refractivity (Wildman–Crippen MR) is 80.6 cm³/mol. The number of unbranched alkanes of at least 4 members (excludes halogenated alkanes) is 3. The molecule has 1 atom stereocenters. The van der Waals surface area contributed by atoms with Gasteiger partial charge in [0.15, 0.2) is 0 Å². The normalized spacial score (nSPS) is 12.2. The fourth-order valence-corrected chi connectivity index (χ4v) is 2.03. The van der Waals surface area contributed by atoms with Crippen LogP contribution in [-0.2, 0) is 9.78 Å². The lowest BCUT2D eigenvalue weighted by Crippen LogP contribution is -2.14. The van der Waals surface area contributed by atoms with Crippen LogP contribution >= 0.6 is 0 Å². The monoisotopic (exact) mass is 278 g/mol. The molecule has 112 valence electrons. The summed E-state index contributed by atoms with van der Waals surface area (Å²) < 4.78 is 0. The van der Waals surface area contributed by atoms with Crippen molar-refractivity contribution in [3.63, 3.8) is 0 Å². The highest BCUT2D eigenvalue weighted by Gasteiger charge is 2.13. The first-order valence-electron chi connectivity index (χ1n) is 7.49. The minimum Gasteiger partial charge on any atom is -0.293 e. The summed E-state index contributed by atoms with van der Waals surface area (Å²) in [6, 6.07) is 5.72. The smallest absolute Gasteiger partial charge is 0.293 e. The first-order valence-corrected chi connectivity index (χ1v) is 7.49. The van der Waals surface area contributed by atoms with E-state index in [4.69, 9.17) is 9.78 Å². The largest absolute Gasteiger partial charge is 0.373 e. The third-order valence-electron chi connectivity index (χ3n) is 3.37. The molecule has 3 nitrogen and oxygen atoms in total. The molecule has 0 saturated carbocycles. The standard InChI is InChI=1S/C17H26O3/c1-5-6-7-8-9-15(4)19-20-17(18)16-12-13(2)10-11-14(16)3/h10-12,15H,5-9H2,1-4H3. The van der Waals surface area contributed by atoms with E-state index in [1.54, 1.807) is 0 Å². The molecule has 3 heteroatoms. The first-order chi connectivity index (χ1) is 9.54. The van der Waals surface area contributed by atoms with Gasteiger partial charge in [0.2, 0.25) is 0 Å². The van der Waals surface area contributed by atoms with Crippen LogP contribution in [0.3, 0.4) is 0 Å². The van der Waals surface area contributed by atoms with Crippen molar-refractivity contribution < 1.29 is 14.6 Å². The van der Waals surface area contributed by atoms with Gasteiger partial charge in [0.1, 0.15) is 6.10 Å². The van der Waals surface area contributed by atoms with E-state index in [1.807, 2.05) is 39.0 Å². The SMILES string of the molecule is CCCCCCC(C)OOC(=O)c1cc(C)ccc1C. The van der Waals surface area contributed by atoms with Crippen LogP contribution in [0.25, 0.3) is 0 Å². The maximum Gasteiger partial charge on any atom is 0.373 e. The van der Waals surface area contributed by atoms with E-state index in [0.717, 1.165) is 24.0 Å². The molecule has 0 N–H and O–H groups in total. The third kappa shape index (κ3) is 5.74. The second kappa shape index (κ2) is 8.75. The molecule has 20 heavy (non-hydrogen) atoms. The molecule has 0 heterocycles. The van der Waals surface area contributed by atoms with Gasteiger partial charge in [-0.05, 0) is 38.8 Å². The van der Waals surface area contributed by atoms with Crippen LogP contribution in [0, 0.1) is 13.8 Å². The van der Waals surface area contributed by atoms with E-state index in [-0.39, 0.29) is 6.10 Å². The van der Waals surface area contributed by atoms with Crippen LogP contribution < -0.4 is 0 Å². The van der Waals surface area contributed by atoms with Gasteiger partial charge in [0, 0.05) is 0 Å². The van der Waals surface area contributed by atoms with Crippen molar-refractivity contribution in [2.45, 2.75) is 65.9 Å². The van der Waals surface area contributed by atoms with Gasteiger partial charge in [-0.25, -0.2) is 4.79 Å². The van der Waals surface area contributed by atoms with Gasteiger partial charge in [-0.3, -0.25) is 4.89 Å². The number of rotatable bonds is 8. The minimum atomic E-state index is -0.411. The van der Waals surface area contributed by atoms with Crippen LogP contribution in [0.15, 0.2) is 18.2 Å². The molecular formula is C17H26O3. The second-order valence-electron chi connectivity index (χ2n) is 5.45. The number of carbonyl (C=O) groups excluding carboxylic acids is 1. The molecular weight excluding hydrogens is 252 g/mol. The van der Waals surface area contributed by atoms with Crippen LogP contribution in [0.1, 0.15) is 67.4 Å². The number of hydrogen-bond acceptors (Lipinski definition) is 3. The van der Waals surface area contributed by atoms with Crippen LogP contribution in [0.5, 0.6) is 0 Å². The van der Waals surface area contributed by atoms with Crippen molar-refractivity contribution >= 4 is 5.97 Å². The molecule has 0 aromatic heterocycles. The Kier molecular flexibility index (Phi) is 7.31. The van der Waals surface area contributed by atoms with E-state index in [9.17, 15) is 4.79 Å². The number of aryl methyl sites for hydroxylation is 2. The summed E-state index contributed by atoms with van der Waals surface area (Å²) >= 11 is 0. The molecule has 0 saturated heterocycles. The second-order valence-corrected chi connectivity index (χ2v) is 5.45. The van der Waals surface area contributed by atoms with Gasteiger partial charge in [-0.2, -0.15) is 4.89 Å². The summed E-state index contributed by atoms with van der Waals surface area (Å²) in [4.78, 5) is 22.1. The lowest BCUT2D eigenvalue weighted by Gasteiger charge is -2.12. The molecule has 0 bridgehead atoms. The fourth-order valence-electron chi connectivity index (χ4n) is 2.03. The highest BCUT2D eigenvalue weighted by atomic mass is 17.2. The Morgan fingerprint density at radius 3 is 2.65 bits per heavy atom. The molecule has 0 amide bonds. The summed E-state index contributed by atoms with van der Waals surface area (Å²) in [6.45, 7) is 7.96. The van der Waals surface area contributed by atoms with E-state index < -0.39 is 5.97 Å². The van der Waals surface area contributed by atoms with E-state index in [2.05, 4.69) is 6.92 Å². The van der Waals surface area contributed by atoms with Crippen molar-refractivity contribution in [1.29, 1.82) is 0 Å². The molecule has 0 aliphatic rings. The topological polar surface area (TPSA) is 35.5 Å². The molecule has 1 unspecified atom stereocenters. The minimum absolute atomic E-state index is 0.0547. The Hall–Kier alpha value is -1.35. The Morgan fingerprint density at radius 1 is 1.20 bits per heavy atom. The lowest BCUT2D eigenvalue weighted by atomic mass is 10.1. The molecule has 0 aliphatic carbocycles. The maximum absolute atomic E-state index is 12.0. The third-order valence-corrected chi connectivity index (χ3v) is 3.37. The summed E-state index contributed by atoms with van der Waals surface area (Å²) in [5, 5.41) is 0. The summed E-state index contributed by atoms with van der Waals surface area (Å²) in [7, 11) is 0. The van der Waals surface area contributed by atoms with E-state index in [0.29, 0.717) is 5.56 Å². The molecule has 0 fully saturated rings. The van der Waals surface area contributed by atoms with Crippen molar-refractivity contribution in [3.05, 3.63) is 34.9 Å². The zero-order chi connectivity index (χ0) is 15.0. The lowest BCUT2D eigenvalue weighted by molar-refractivity contribution is -0.271. The molecule has 0 aliphatic heterocycles. The van der Waals surface area contributed by atoms with Crippen molar-refractivity contribution in [3.8, 4) is 0 Å². The number of carbonyl (C=O) groups is 1. The van der Waals surface area contributed by atoms with Crippen molar-refractivity contribution in [2.75, 3.05) is 0 Å².